The SMILES string of the molecule is COC(=O)c1c(OC)ccc(C#N)c1C(F)F. The second-order valence-electron chi connectivity index (χ2n) is 3.01. The first-order valence-electron chi connectivity index (χ1n) is 4.54. The van der Waals surface area contributed by atoms with Gasteiger partial charge >= 0.3 is 5.97 Å². The molecule has 0 amide bonds. The number of esters is 1. The molecule has 17 heavy (non-hydrogen) atoms. The quantitative estimate of drug-likeness (QED) is 0.762. The molecule has 6 heteroatoms. The molecular weight excluding hydrogens is 232 g/mol. The van der Waals surface area contributed by atoms with Crippen molar-refractivity contribution in [3.8, 4) is 11.8 Å². The van der Waals surface area contributed by atoms with E-state index in [1.165, 1.54) is 19.2 Å². The normalized spacial score (nSPS) is 9.88. The van der Waals surface area contributed by atoms with Crippen LogP contribution >= 0.6 is 0 Å². The van der Waals surface area contributed by atoms with Crippen LogP contribution in [0.1, 0.15) is 27.9 Å². The number of halogens is 2. The standard InChI is InChI=1S/C11H9F2NO3/c1-16-7-4-3-6(5-14)8(10(12)13)9(7)11(15)17-2/h3-4,10H,1-2H3. The molecule has 0 spiro atoms. The highest BCUT2D eigenvalue weighted by Gasteiger charge is 2.26. The monoisotopic (exact) mass is 241 g/mol. The molecule has 0 aliphatic rings. The Morgan fingerprint density at radius 3 is 2.47 bits per heavy atom. The average molecular weight is 241 g/mol. The molecule has 0 bridgehead atoms. The predicted molar refractivity (Wildman–Crippen MR) is 54.0 cm³/mol. The molecule has 0 atom stereocenters. The Morgan fingerprint density at radius 2 is 2.06 bits per heavy atom. The van der Waals surface area contributed by atoms with Gasteiger partial charge in [-0.2, -0.15) is 5.26 Å². The van der Waals surface area contributed by atoms with Crippen LogP contribution in [0.25, 0.3) is 0 Å². The maximum atomic E-state index is 12.9. The molecule has 0 radical (unpaired) electrons. The smallest absolute Gasteiger partial charge is 0.342 e. The summed E-state index contributed by atoms with van der Waals surface area (Å²) < 4.78 is 35.0. The number of rotatable bonds is 3. The number of alkyl halides is 2. The topological polar surface area (TPSA) is 59.3 Å². The third-order valence-electron chi connectivity index (χ3n) is 2.16. The fourth-order valence-electron chi connectivity index (χ4n) is 1.41. The van der Waals surface area contributed by atoms with Gasteiger partial charge in [0.1, 0.15) is 11.3 Å². The van der Waals surface area contributed by atoms with Gasteiger partial charge in [0.05, 0.1) is 31.4 Å². The number of ether oxygens (including phenoxy) is 2. The van der Waals surface area contributed by atoms with E-state index < -0.39 is 23.5 Å². The Morgan fingerprint density at radius 1 is 1.41 bits per heavy atom. The molecule has 0 aliphatic heterocycles. The van der Waals surface area contributed by atoms with Gasteiger partial charge in [0.15, 0.2) is 0 Å². The molecule has 90 valence electrons. The number of hydrogen-bond acceptors (Lipinski definition) is 4. The maximum Gasteiger partial charge on any atom is 0.342 e. The first-order chi connectivity index (χ1) is 8.06. The van der Waals surface area contributed by atoms with Crippen molar-refractivity contribution >= 4 is 5.97 Å². The number of hydrogen-bond donors (Lipinski definition) is 0. The minimum absolute atomic E-state index is 0.0499. The number of nitrogens with zero attached hydrogens (tertiary/aromatic N) is 1. The second kappa shape index (κ2) is 5.25. The van der Waals surface area contributed by atoms with Gasteiger partial charge in [-0.25, -0.2) is 13.6 Å². The Balaban J connectivity index is 3.59. The first kappa shape index (κ1) is 12.9. The lowest BCUT2D eigenvalue weighted by molar-refractivity contribution is 0.0585. The Bertz CT molecular complexity index is 480. The highest BCUT2D eigenvalue weighted by atomic mass is 19.3. The Hall–Kier alpha value is -2.16. The van der Waals surface area contributed by atoms with Crippen molar-refractivity contribution < 1.29 is 23.0 Å². The number of nitriles is 1. The van der Waals surface area contributed by atoms with Crippen molar-refractivity contribution in [2.75, 3.05) is 14.2 Å². The van der Waals surface area contributed by atoms with Crippen LogP contribution in [-0.2, 0) is 4.74 Å². The molecule has 1 aromatic rings. The van der Waals surface area contributed by atoms with Crippen molar-refractivity contribution in [2.45, 2.75) is 6.43 Å². The average Bonchev–Trinajstić information content (AvgIpc) is 2.35. The maximum absolute atomic E-state index is 12.9. The lowest BCUT2D eigenvalue weighted by Crippen LogP contribution is -2.10. The van der Waals surface area contributed by atoms with Crippen LogP contribution in [0, 0.1) is 11.3 Å². The molecule has 0 saturated heterocycles. The zero-order valence-corrected chi connectivity index (χ0v) is 9.16. The number of methoxy groups -OCH3 is 2. The molecular formula is C11H9F2NO3. The molecule has 0 N–H and O–H groups in total. The number of benzene rings is 1. The first-order valence-corrected chi connectivity index (χ1v) is 4.54. The van der Waals surface area contributed by atoms with E-state index in [1.54, 1.807) is 6.07 Å². The van der Waals surface area contributed by atoms with Gasteiger partial charge in [0.2, 0.25) is 0 Å². The fraction of sp³-hybridized carbons (Fsp3) is 0.273. The van der Waals surface area contributed by atoms with Crippen molar-refractivity contribution in [1.29, 1.82) is 5.26 Å². The third kappa shape index (κ3) is 2.33. The third-order valence-corrected chi connectivity index (χ3v) is 2.16. The molecule has 0 saturated carbocycles. The molecule has 4 nitrogen and oxygen atoms in total. The van der Waals surface area contributed by atoms with Gasteiger partial charge in [-0.1, -0.05) is 0 Å². The summed E-state index contributed by atoms with van der Waals surface area (Å²) in [5, 5.41) is 8.73. The van der Waals surface area contributed by atoms with Crippen LogP contribution in [-0.4, -0.2) is 20.2 Å². The van der Waals surface area contributed by atoms with Crippen molar-refractivity contribution in [3.05, 3.63) is 28.8 Å². The van der Waals surface area contributed by atoms with E-state index >= 15 is 0 Å². The van der Waals surface area contributed by atoms with Crippen molar-refractivity contribution in [1.82, 2.24) is 0 Å². The summed E-state index contributed by atoms with van der Waals surface area (Å²) in [6.45, 7) is 0. The van der Waals surface area contributed by atoms with E-state index in [9.17, 15) is 13.6 Å². The van der Waals surface area contributed by atoms with E-state index in [-0.39, 0.29) is 11.3 Å². The van der Waals surface area contributed by atoms with E-state index in [0.717, 1.165) is 7.11 Å². The van der Waals surface area contributed by atoms with Crippen LogP contribution < -0.4 is 4.74 Å². The Labute approximate surface area is 96.4 Å². The van der Waals surface area contributed by atoms with E-state index in [2.05, 4.69) is 4.74 Å². The summed E-state index contributed by atoms with van der Waals surface area (Å²) in [5.74, 6) is -1.01. The fourth-order valence-corrected chi connectivity index (χ4v) is 1.41. The van der Waals surface area contributed by atoms with Gasteiger partial charge in [0.25, 0.3) is 6.43 Å². The Kier molecular flexibility index (Phi) is 3.99. The summed E-state index contributed by atoms with van der Waals surface area (Å²) in [4.78, 5) is 11.4. The van der Waals surface area contributed by atoms with Gasteiger partial charge in [-0.3, -0.25) is 0 Å². The molecule has 0 fully saturated rings. The largest absolute Gasteiger partial charge is 0.496 e. The highest BCUT2D eigenvalue weighted by Crippen LogP contribution is 2.33. The molecule has 0 heterocycles. The van der Waals surface area contributed by atoms with Gasteiger partial charge in [0, 0.05) is 0 Å². The van der Waals surface area contributed by atoms with E-state index in [0.29, 0.717) is 0 Å². The summed E-state index contributed by atoms with van der Waals surface area (Å²) >= 11 is 0. The number of carbonyl (C=O) groups excluding carboxylic acids is 1. The van der Waals surface area contributed by atoms with Gasteiger partial charge in [-0.05, 0) is 12.1 Å². The summed E-state index contributed by atoms with van der Waals surface area (Å²) in [6.07, 6.45) is -2.96. The van der Waals surface area contributed by atoms with Crippen LogP contribution in [0.2, 0.25) is 0 Å². The lowest BCUT2D eigenvalue weighted by Gasteiger charge is -2.12. The lowest BCUT2D eigenvalue weighted by atomic mass is 10.0. The minimum Gasteiger partial charge on any atom is -0.496 e. The van der Waals surface area contributed by atoms with Crippen LogP contribution in [0.3, 0.4) is 0 Å². The summed E-state index contributed by atoms with van der Waals surface area (Å²) in [7, 11) is 2.30. The zero-order chi connectivity index (χ0) is 13.0. The van der Waals surface area contributed by atoms with Crippen LogP contribution in [0.5, 0.6) is 5.75 Å². The van der Waals surface area contributed by atoms with Gasteiger partial charge < -0.3 is 9.47 Å². The molecule has 1 rings (SSSR count). The predicted octanol–water partition coefficient (Wildman–Crippen LogP) is 2.29. The molecule has 0 aromatic heterocycles. The second-order valence-corrected chi connectivity index (χ2v) is 3.01. The molecule has 1 aromatic carbocycles. The summed E-state index contributed by atoms with van der Waals surface area (Å²) in [5.41, 5.74) is -1.36. The minimum atomic E-state index is -2.96. The highest BCUT2D eigenvalue weighted by molar-refractivity contribution is 5.95. The van der Waals surface area contributed by atoms with Gasteiger partial charge in [-0.15, -0.1) is 0 Å². The summed E-state index contributed by atoms with van der Waals surface area (Å²) in [6, 6.07) is 4.05. The van der Waals surface area contributed by atoms with E-state index in [4.69, 9.17) is 10.00 Å². The molecule has 0 aliphatic carbocycles. The zero-order valence-electron chi connectivity index (χ0n) is 9.16. The van der Waals surface area contributed by atoms with Crippen molar-refractivity contribution in [3.63, 3.8) is 0 Å². The van der Waals surface area contributed by atoms with Crippen LogP contribution in [0.15, 0.2) is 12.1 Å². The van der Waals surface area contributed by atoms with E-state index in [1.807, 2.05) is 0 Å². The number of carbonyl (C=O) groups is 1. The van der Waals surface area contributed by atoms with Crippen LogP contribution in [0.4, 0.5) is 8.78 Å². The molecule has 0 unspecified atom stereocenters. The van der Waals surface area contributed by atoms with Crippen molar-refractivity contribution in [2.24, 2.45) is 0 Å².